The van der Waals surface area contributed by atoms with Gasteiger partial charge in [0.1, 0.15) is 5.69 Å². The molecular formula is C16H17N3O3. The molecule has 0 fully saturated rings. The summed E-state index contributed by atoms with van der Waals surface area (Å²) in [4.78, 5) is 35.4. The number of amides is 1. The highest BCUT2D eigenvalue weighted by Crippen LogP contribution is 2.16. The van der Waals surface area contributed by atoms with Crippen molar-refractivity contribution in [2.45, 2.75) is 26.8 Å². The van der Waals surface area contributed by atoms with E-state index in [1.54, 1.807) is 24.3 Å². The minimum atomic E-state index is -0.460. The van der Waals surface area contributed by atoms with Crippen LogP contribution in [-0.2, 0) is 6.54 Å². The highest BCUT2D eigenvalue weighted by atomic mass is 16.2. The van der Waals surface area contributed by atoms with Crippen molar-refractivity contribution >= 4 is 17.4 Å². The second-order valence-electron chi connectivity index (χ2n) is 4.84. The first-order valence-corrected chi connectivity index (χ1v) is 7.02. The minimum Gasteiger partial charge on any atom is -0.320 e. The molecule has 114 valence electrons. The molecule has 0 radical (unpaired) electrons. The van der Waals surface area contributed by atoms with E-state index >= 15 is 0 Å². The Morgan fingerprint density at radius 1 is 1.18 bits per heavy atom. The van der Waals surface area contributed by atoms with Crippen LogP contribution in [-0.4, -0.2) is 21.5 Å². The summed E-state index contributed by atoms with van der Waals surface area (Å²) in [5, 5.41) is 6.70. The first-order chi connectivity index (χ1) is 10.5. The summed E-state index contributed by atoms with van der Waals surface area (Å²) in [6.07, 6.45) is 0.741. The van der Waals surface area contributed by atoms with Gasteiger partial charge >= 0.3 is 0 Å². The lowest BCUT2D eigenvalue weighted by Crippen LogP contribution is -2.26. The Morgan fingerprint density at radius 3 is 2.59 bits per heavy atom. The third-order valence-corrected chi connectivity index (χ3v) is 3.09. The molecule has 1 N–H and O–H groups in total. The number of anilines is 1. The standard InChI is InChI=1S/C16H17N3O3/c1-3-10-19-15(21)9-8-14(18-19)16(22)17-13-7-5-4-6-12(13)11(2)20/h4-9H,3,10H2,1-2H3,(H,17,22). The molecule has 0 unspecified atom stereocenters. The number of ketones is 1. The molecule has 6 heteroatoms. The fourth-order valence-corrected chi connectivity index (χ4v) is 2.03. The van der Waals surface area contributed by atoms with Crippen LogP contribution in [0.3, 0.4) is 0 Å². The number of benzene rings is 1. The van der Waals surface area contributed by atoms with Crippen LogP contribution in [0.2, 0.25) is 0 Å². The van der Waals surface area contributed by atoms with E-state index in [4.69, 9.17) is 0 Å². The van der Waals surface area contributed by atoms with Gasteiger partial charge in [-0.3, -0.25) is 14.4 Å². The Labute approximate surface area is 127 Å². The average Bonchev–Trinajstić information content (AvgIpc) is 2.50. The summed E-state index contributed by atoms with van der Waals surface area (Å²) >= 11 is 0. The quantitative estimate of drug-likeness (QED) is 0.857. The summed E-state index contributed by atoms with van der Waals surface area (Å²) in [5.41, 5.74) is 0.738. The zero-order valence-corrected chi connectivity index (χ0v) is 12.5. The van der Waals surface area contributed by atoms with Gasteiger partial charge in [-0.2, -0.15) is 5.10 Å². The van der Waals surface area contributed by atoms with Gasteiger partial charge in [-0.25, -0.2) is 4.68 Å². The zero-order valence-electron chi connectivity index (χ0n) is 12.5. The number of para-hydroxylation sites is 1. The fraction of sp³-hybridized carbons (Fsp3) is 0.250. The molecule has 2 aromatic rings. The minimum absolute atomic E-state index is 0.131. The maximum absolute atomic E-state index is 12.3. The van der Waals surface area contributed by atoms with Crippen LogP contribution in [0.4, 0.5) is 5.69 Å². The molecule has 0 spiro atoms. The van der Waals surface area contributed by atoms with Crippen LogP contribution in [0.25, 0.3) is 0 Å². The molecule has 1 heterocycles. The number of aromatic nitrogens is 2. The number of rotatable bonds is 5. The van der Waals surface area contributed by atoms with Crippen molar-refractivity contribution in [1.82, 2.24) is 9.78 Å². The van der Waals surface area contributed by atoms with Gasteiger partial charge in [-0.05, 0) is 31.5 Å². The van der Waals surface area contributed by atoms with Crippen molar-refractivity contribution in [3.05, 3.63) is 58.0 Å². The van der Waals surface area contributed by atoms with E-state index in [2.05, 4.69) is 10.4 Å². The Morgan fingerprint density at radius 2 is 1.91 bits per heavy atom. The second kappa shape index (κ2) is 6.80. The highest BCUT2D eigenvalue weighted by molar-refractivity contribution is 6.08. The number of aryl methyl sites for hydroxylation is 1. The molecule has 0 aliphatic carbocycles. The number of hydrogen-bond acceptors (Lipinski definition) is 4. The van der Waals surface area contributed by atoms with Crippen molar-refractivity contribution in [3.63, 3.8) is 0 Å². The van der Waals surface area contributed by atoms with Crippen molar-refractivity contribution in [3.8, 4) is 0 Å². The summed E-state index contributed by atoms with van der Waals surface area (Å²) < 4.78 is 1.26. The number of carbonyl (C=O) groups excluding carboxylic acids is 2. The molecule has 0 saturated heterocycles. The fourth-order valence-electron chi connectivity index (χ4n) is 2.03. The summed E-state index contributed by atoms with van der Waals surface area (Å²) in [7, 11) is 0. The van der Waals surface area contributed by atoms with Crippen LogP contribution in [0, 0.1) is 0 Å². The summed E-state index contributed by atoms with van der Waals surface area (Å²) in [6.45, 7) is 3.80. The smallest absolute Gasteiger partial charge is 0.276 e. The van der Waals surface area contributed by atoms with Crippen LogP contribution in [0.5, 0.6) is 0 Å². The largest absolute Gasteiger partial charge is 0.320 e. The van der Waals surface area contributed by atoms with Crippen molar-refractivity contribution in [1.29, 1.82) is 0 Å². The molecule has 1 aromatic carbocycles. The van der Waals surface area contributed by atoms with Gasteiger partial charge in [0.05, 0.1) is 5.69 Å². The van der Waals surface area contributed by atoms with E-state index in [-0.39, 0.29) is 17.0 Å². The van der Waals surface area contributed by atoms with Crippen LogP contribution in [0.15, 0.2) is 41.2 Å². The predicted octanol–water partition coefficient (Wildman–Crippen LogP) is 2.11. The molecule has 0 aliphatic heterocycles. The summed E-state index contributed by atoms with van der Waals surface area (Å²) in [5.74, 6) is -0.599. The highest BCUT2D eigenvalue weighted by Gasteiger charge is 2.13. The van der Waals surface area contributed by atoms with Gasteiger partial charge in [0.25, 0.3) is 11.5 Å². The third-order valence-electron chi connectivity index (χ3n) is 3.09. The van der Waals surface area contributed by atoms with E-state index in [1.807, 2.05) is 6.92 Å². The van der Waals surface area contributed by atoms with Gasteiger partial charge in [-0.15, -0.1) is 0 Å². The number of nitrogens with one attached hydrogen (secondary N) is 1. The molecule has 22 heavy (non-hydrogen) atoms. The Bertz CT molecular complexity index is 765. The molecule has 0 saturated carbocycles. The summed E-state index contributed by atoms with van der Waals surface area (Å²) in [6, 6.07) is 9.44. The Hall–Kier alpha value is -2.76. The Balaban J connectivity index is 2.28. The second-order valence-corrected chi connectivity index (χ2v) is 4.84. The molecule has 0 bridgehead atoms. The first-order valence-electron chi connectivity index (χ1n) is 7.02. The van der Waals surface area contributed by atoms with Crippen LogP contribution < -0.4 is 10.9 Å². The number of Topliss-reactive ketones (excluding diaryl/α,β-unsaturated/α-hetero) is 1. The van der Waals surface area contributed by atoms with Crippen molar-refractivity contribution < 1.29 is 9.59 Å². The van der Waals surface area contributed by atoms with Gasteiger partial charge in [-0.1, -0.05) is 19.1 Å². The lowest BCUT2D eigenvalue weighted by atomic mass is 10.1. The SMILES string of the molecule is CCCn1nc(C(=O)Nc2ccccc2C(C)=O)ccc1=O. The number of carbonyl (C=O) groups is 2. The normalized spacial score (nSPS) is 10.3. The third kappa shape index (κ3) is 3.46. The molecule has 1 amide bonds. The maximum Gasteiger partial charge on any atom is 0.276 e. The Kier molecular flexibility index (Phi) is 4.83. The van der Waals surface area contributed by atoms with Crippen LogP contribution in [0.1, 0.15) is 41.1 Å². The molecule has 0 atom stereocenters. The van der Waals surface area contributed by atoms with Gasteiger partial charge in [0.15, 0.2) is 5.78 Å². The average molecular weight is 299 g/mol. The van der Waals surface area contributed by atoms with Gasteiger partial charge < -0.3 is 5.32 Å². The lowest BCUT2D eigenvalue weighted by Gasteiger charge is -2.09. The van der Waals surface area contributed by atoms with Gasteiger partial charge in [0.2, 0.25) is 0 Å². The maximum atomic E-state index is 12.3. The lowest BCUT2D eigenvalue weighted by molar-refractivity contribution is 0.101. The predicted molar refractivity (Wildman–Crippen MR) is 83.2 cm³/mol. The first kappa shape index (κ1) is 15.6. The topological polar surface area (TPSA) is 81.1 Å². The van der Waals surface area contributed by atoms with Crippen molar-refractivity contribution in [2.75, 3.05) is 5.32 Å². The van der Waals surface area contributed by atoms with E-state index in [1.165, 1.54) is 23.7 Å². The number of nitrogens with zero attached hydrogens (tertiary/aromatic N) is 2. The number of hydrogen-bond donors (Lipinski definition) is 1. The van der Waals surface area contributed by atoms with Crippen molar-refractivity contribution in [2.24, 2.45) is 0 Å². The van der Waals surface area contributed by atoms with Gasteiger partial charge in [0, 0.05) is 18.2 Å². The van der Waals surface area contributed by atoms with E-state index in [0.717, 1.165) is 6.42 Å². The molecule has 6 nitrogen and oxygen atoms in total. The zero-order chi connectivity index (χ0) is 16.1. The monoisotopic (exact) mass is 299 g/mol. The van der Waals surface area contributed by atoms with E-state index < -0.39 is 5.91 Å². The molecule has 0 aliphatic rings. The molecular weight excluding hydrogens is 282 g/mol. The van der Waals surface area contributed by atoms with E-state index in [0.29, 0.717) is 17.8 Å². The van der Waals surface area contributed by atoms with Crippen LogP contribution >= 0.6 is 0 Å². The van der Waals surface area contributed by atoms with E-state index in [9.17, 15) is 14.4 Å². The molecule has 1 aromatic heterocycles. The molecule has 2 rings (SSSR count).